The second kappa shape index (κ2) is 10.4. The topological polar surface area (TPSA) is 128 Å². The number of carbonyl (C=O) groups excluding carboxylic acids is 1. The number of amides is 1. The molecule has 35 heavy (non-hydrogen) atoms. The monoisotopic (exact) mass is 521 g/mol. The molecule has 1 aliphatic rings. The number of unbranched alkanes of at least 4 members (excludes halogenated alkanes) is 3. The fraction of sp³-hybridized carbons (Fsp3) is 0.571. The standard InChI is InChI=1S/C21H26F3N3O7S/c1-3-4-5-6-9-34-20(30)27(35(2,31)32)26-18(28)14-11-13(17-8-7-10-33-17)15(21(22,23)24)12-16(14)25-19(26)29/h11-12,17H,3-10H2,1-2H3,(H,25,29). The molecule has 0 radical (unpaired) electrons. The van der Waals surface area contributed by atoms with Crippen molar-refractivity contribution in [2.24, 2.45) is 0 Å². The zero-order chi connectivity index (χ0) is 26.0. The SMILES string of the molecule is CCCCCCOC(=O)N(n1c(=O)[nH]c2cc(C(F)(F)F)c(C3CCCO3)cc2c1=O)S(C)(=O)=O. The number of hydrogen-bond donors (Lipinski definition) is 1. The Labute approximate surface area is 198 Å². The van der Waals surface area contributed by atoms with Crippen molar-refractivity contribution in [1.29, 1.82) is 0 Å². The number of carbonyl (C=O) groups is 1. The minimum atomic E-state index is -4.80. The summed E-state index contributed by atoms with van der Waals surface area (Å²) in [5, 5.41) is -0.424. The molecular formula is C21H26F3N3O7S. The normalized spacial score (nSPS) is 16.5. The predicted octanol–water partition coefficient (Wildman–Crippen LogP) is 3.17. The lowest BCUT2D eigenvalue weighted by Crippen LogP contribution is -2.56. The summed E-state index contributed by atoms with van der Waals surface area (Å²) in [6, 6.07) is 1.52. The minimum Gasteiger partial charge on any atom is -0.447 e. The van der Waals surface area contributed by atoms with Gasteiger partial charge >= 0.3 is 18.0 Å². The van der Waals surface area contributed by atoms with Gasteiger partial charge in [-0.3, -0.25) is 4.79 Å². The number of nitrogens with zero attached hydrogens (tertiary/aromatic N) is 2. The van der Waals surface area contributed by atoms with E-state index in [0.29, 0.717) is 31.6 Å². The van der Waals surface area contributed by atoms with Crippen LogP contribution in [0.15, 0.2) is 21.7 Å². The van der Waals surface area contributed by atoms with Crippen LogP contribution in [0.4, 0.5) is 18.0 Å². The fourth-order valence-electron chi connectivity index (χ4n) is 3.88. The lowest BCUT2D eigenvalue weighted by molar-refractivity contribution is -0.139. The maximum atomic E-state index is 13.7. The van der Waals surface area contributed by atoms with Crippen LogP contribution < -0.4 is 15.7 Å². The number of rotatable bonds is 8. The van der Waals surface area contributed by atoms with Crippen LogP contribution in [0.5, 0.6) is 0 Å². The number of nitrogens with one attached hydrogen (secondary N) is 1. The molecule has 10 nitrogen and oxygen atoms in total. The van der Waals surface area contributed by atoms with E-state index >= 15 is 0 Å². The second-order valence-electron chi connectivity index (χ2n) is 8.21. The van der Waals surface area contributed by atoms with Crippen molar-refractivity contribution in [3.63, 3.8) is 0 Å². The molecule has 0 spiro atoms. The molecule has 1 saturated heterocycles. The molecule has 1 N–H and O–H groups in total. The first-order chi connectivity index (χ1) is 16.4. The van der Waals surface area contributed by atoms with Crippen molar-refractivity contribution in [2.45, 2.75) is 57.7 Å². The van der Waals surface area contributed by atoms with E-state index in [-0.39, 0.29) is 34.3 Å². The molecule has 1 amide bonds. The third kappa shape index (κ3) is 5.86. The van der Waals surface area contributed by atoms with Crippen LogP contribution in [0.25, 0.3) is 10.9 Å². The third-order valence-electron chi connectivity index (χ3n) is 5.50. The van der Waals surface area contributed by atoms with Gasteiger partial charge in [0.2, 0.25) is 0 Å². The van der Waals surface area contributed by atoms with Crippen LogP contribution in [0, 0.1) is 0 Å². The van der Waals surface area contributed by atoms with Gasteiger partial charge in [0, 0.05) is 6.61 Å². The van der Waals surface area contributed by atoms with Crippen molar-refractivity contribution in [1.82, 2.24) is 9.66 Å². The van der Waals surface area contributed by atoms with E-state index in [1.807, 2.05) is 6.92 Å². The molecule has 194 valence electrons. The van der Waals surface area contributed by atoms with Gasteiger partial charge in [0.05, 0.1) is 35.4 Å². The summed E-state index contributed by atoms with van der Waals surface area (Å²) in [5.41, 5.74) is -4.59. The number of aromatic amines is 1. The molecule has 1 fully saturated rings. The van der Waals surface area contributed by atoms with E-state index in [0.717, 1.165) is 18.9 Å². The van der Waals surface area contributed by atoms with Gasteiger partial charge in [-0.1, -0.05) is 30.6 Å². The van der Waals surface area contributed by atoms with Gasteiger partial charge in [0.1, 0.15) is 0 Å². The Morgan fingerprint density at radius 1 is 1.26 bits per heavy atom. The predicted molar refractivity (Wildman–Crippen MR) is 120 cm³/mol. The second-order valence-corrected chi connectivity index (χ2v) is 10.0. The third-order valence-corrected chi connectivity index (χ3v) is 6.44. The van der Waals surface area contributed by atoms with Crippen LogP contribution in [0.3, 0.4) is 0 Å². The Bertz CT molecular complexity index is 1310. The van der Waals surface area contributed by atoms with Gasteiger partial charge in [-0.25, -0.2) is 18.0 Å². The summed E-state index contributed by atoms with van der Waals surface area (Å²) in [5.74, 6) is 0. The highest BCUT2D eigenvalue weighted by molar-refractivity contribution is 7.92. The first kappa shape index (κ1) is 26.7. The number of sulfonamides is 1. The van der Waals surface area contributed by atoms with Crippen molar-refractivity contribution in [2.75, 3.05) is 23.9 Å². The molecule has 1 unspecified atom stereocenters. The Balaban J connectivity index is 2.14. The van der Waals surface area contributed by atoms with E-state index in [1.54, 1.807) is 0 Å². The zero-order valence-corrected chi connectivity index (χ0v) is 20.0. The van der Waals surface area contributed by atoms with Crippen LogP contribution in [0.1, 0.15) is 62.7 Å². The summed E-state index contributed by atoms with van der Waals surface area (Å²) in [6.45, 7) is 2.06. The number of H-pyrrole nitrogens is 1. The van der Waals surface area contributed by atoms with Gasteiger partial charge < -0.3 is 14.5 Å². The van der Waals surface area contributed by atoms with E-state index in [9.17, 15) is 36.0 Å². The Morgan fingerprint density at radius 3 is 2.54 bits per heavy atom. The van der Waals surface area contributed by atoms with E-state index in [4.69, 9.17) is 9.47 Å². The Kier molecular flexibility index (Phi) is 7.94. The molecule has 0 bridgehead atoms. The van der Waals surface area contributed by atoms with E-state index < -0.39 is 56.1 Å². The molecule has 0 saturated carbocycles. The molecule has 1 aromatic carbocycles. The average molecular weight is 522 g/mol. The number of aromatic nitrogens is 2. The molecule has 3 rings (SSSR count). The van der Waals surface area contributed by atoms with E-state index in [1.165, 1.54) is 0 Å². The lowest BCUT2D eigenvalue weighted by atomic mass is 9.97. The van der Waals surface area contributed by atoms with Crippen LogP contribution in [0.2, 0.25) is 0 Å². The number of hydrogen-bond acceptors (Lipinski definition) is 7. The fourth-order valence-corrected chi connectivity index (χ4v) is 4.65. The number of fused-ring (bicyclic) bond motifs is 1. The van der Waals surface area contributed by atoms with Gasteiger partial charge in [-0.2, -0.15) is 13.2 Å². The molecule has 1 atom stereocenters. The number of benzene rings is 1. The molecule has 2 aromatic rings. The summed E-state index contributed by atoms with van der Waals surface area (Å²) >= 11 is 0. The smallest absolute Gasteiger partial charge is 0.444 e. The first-order valence-corrected chi connectivity index (χ1v) is 12.9. The van der Waals surface area contributed by atoms with Crippen molar-refractivity contribution in [3.05, 3.63) is 44.1 Å². The highest BCUT2D eigenvalue weighted by Crippen LogP contribution is 2.40. The quantitative estimate of drug-likeness (QED) is 0.529. The summed E-state index contributed by atoms with van der Waals surface area (Å²) in [4.78, 5) is 40.5. The highest BCUT2D eigenvalue weighted by atomic mass is 32.2. The number of alkyl halides is 3. The molecule has 2 heterocycles. The van der Waals surface area contributed by atoms with Gasteiger partial charge in [-0.05, 0) is 37.0 Å². The number of halogens is 3. The zero-order valence-electron chi connectivity index (χ0n) is 19.2. The summed E-state index contributed by atoms with van der Waals surface area (Å²) < 4.78 is 76.1. The Hall–Kier alpha value is -2.87. The number of ether oxygens (including phenoxy) is 2. The molecule has 0 aliphatic carbocycles. The highest BCUT2D eigenvalue weighted by Gasteiger charge is 2.38. The lowest BCUT2D eigenvalue weighted by Gasteiger charge is -2.22. The van der Waals surface area contributed by atoms with Crippen LogP contribution >= 0.6 is 0 Å². The molecule has 1 aliphatic heterocycles. The van der Waals surface area contributed by atoms with E-state index in [2.05, 4.69) is 4.98 Å². The maximum absolute atomic E-state index is 13.7. The van der Waals surface area contributed by atoms with Gasteiger partial charge in [0.25, 0.3) is 15.6 Å². The van der Waals surface area contributed by atoms with Gasteiger partial charge in [-0.15, -0.1) is 4.68 Å². The van der Waals surface area contributed by atoms with Crippen molar-refractivity contribution >= 4 is 27.0 Å². The van der Waals surface area contributed by atoms with Crippen molar-refractivity contribution < 1.29 is 35.9 Å². The molecule has 14 heteroatoms. The minimum absolute atomic E-state index is 0.0125. The Morgan fingerprint density at radius 2 is 1.97 bits per heavy atom. The van der Waals surface area contributed by atoms with Crippen molar-refractivity contribution in [3.8, 4) is 0 Å². The summed E-state index contributed by atoms with van der Waals surface area (Å²) in [7, 11) is -4.54. The average Bonchev–Trinajstić information content (AvgIpc) is 3.29. The summed E-state index contributed by atoms with van der Waals surface area (Å²) in [6.07, 6.45) is -2.91. The molecular weight excluding hydrogens is 495 g/mol. The first-order valence-electron chi connectivity index (χ1n) is 11.1. The largest absolute Gasteiger partial charge is 0.447 e. The van der Waals surface area contributed by atoms with Gasteiger partial charge in [0.15, 0.2) is 0 Å². The molecule has 1 aromatic heterocycles. The van der Waals surface area contributed by atoms with Crippen LogP contribution in [-0.2, 0) is 25.7 Å². The van der Waals surface area contributed by atoms with Crippen LogP contribution in [-0.4, -0.2) is 43.6 Å². The maximum Gasteiger partial charge on any atom is 0.444 e.